The molecule has 1 saturated heterocycles. The number of likely N-dealkylation sites (tertiary alicyclic amines) is 1. The van der Waals surface area contributed by atoms with Crippen LogP contribution < -0.4 is 10.5 Å². The lowest BCUT2D eigenvalue weighted by molar-refractivity contribution is -0.00761. The third-order valence-electron chi connectivity index (χ3n) is 4.24. The van der Waals surface area contributed by atoms with Gasteiger partial charge in [-0.15, -0.1) is 0 Å². The number of piperidine rings is 1. The van der Waals surface area contributed by atoms with Crippen molar-refractivity contribution in [2.75, 3.05) is 27.3 Å². The maximum absolute atomic E-state index is 5.73. The first-order valence-corrected chi connectivity index (χ1v) is 7.67. The molecule has 0 spiro atoms. The Morgan fingerprint density at radius 1 is 1.43 bits per heavy atom. The van der Waals surface area contributed by atoms with Gasteiger partial charge in [0.2, 0.25) is 0 Å². The summed E-state index contributed by atoms with van der Waals surface area (Å²) >= 11 is 5.06. The largest absolute Gasteiger partial charge is 0.496 e. The van der Waals surface area contributed by atoms with Crippen LogP contribution in [0.1, 0.15) is 24.5 Å². The van der Waals surface area contributed by atoms with Crippen molar-refractivity contribution in [3.63, 3.8) is 0 Å². The Morgan fingerprint density at radius 3 is 2.81 bits per heavy atom. The molecule has 2 rings (SSSR count). The van der Waals surface area contributed by atoms with Gasteiger partial charge < -0.3 is 15.2 Å². The summed E-state index contributed by atoms with van der Waals surface area (Å²) < 4.78 is 11.0. The zero-order valence-electron chi connectivity index (χ0n) is 13.0. The molecule has 4 nitrogen and oxygen atoms in total. The summed E-state index contributed by atoms with van der Waals surface area (Å²) in [6.07, 6.45) is 1.44. The smallest absolute Gasteiger partial charge is 0.123 e. The van der Waals surface area contributed by atoms with Gasteiger partial charge in [0.05, 0.1) is 13.2 Å². The van der Waals surface area contributed by atoms with Gasteiger partial charge in [-0.25, -0.2) is 0 Å². The number of rotatable bonds is 5. The van der Waals surface area contributed by atoms with Crippen LogP contribution in [-0.2, 0) is 11.3 Å². The molecule has 1 aliphatic heterocycles. The Morgan fingerprint density at radius 2 is 2.19 bits per heavy atom. The van der Waals surface area contributed by atoms with Gasteiger partial charge in [0.15, 0.2) is 0 Å². The maximum Gasteiger partial charge on any atom is 0.123 e. The highest BCUT2D eigenvalue weighted by molar-refractivity contribution is 7.80. The van der Waals surface area contributed by atoms with Crippen molar-refractivity contribution in [1.82, 2.24) is 4.90 Å². The summed E-state index contributed by atoms with van der Waals surface area (Å²) in [4.78, 5) is 2.82. The molecular weight excluding hydrogens is 284 g/mol. The van der Waals surface area contributed by atoms with Crippen molar-refractivity contribution in [1.29, 1.82) is 0 Å². The molecule has 2 atom stereocenters. The average Bonchev–Trinajstić information content (AvgIpc) is 2.49. The van der Waals surface area contributed by atoms with Crippen LogP contribution in [-0.4, -0.2) is 43.3 Å². The van der Waals surface area contributed by atoms with Crippen molar-refractivity contribution in [2.45, 2.75) is 26.0 Å². The van der Waals surface area contributed by atoms with E-state index in [1.165, 1.54) is 0 Å². The third kappa shape index (κ3) is 3.93. The zero-order chi connectivity index (χ0) is 15.4. The van der Waals surface area contributed by atoms with Gasteiger partial charge in [-0.2, -0.15) is 0 Å². The lowest BCUT2D eigenvalue weighted by Gasteiger charge is -2.36. The molecule has 2 N–H and O–H groups in total. The second-order valence-corrected chi connectivity index (χ2v) is 6.11. The molecule has 1 aromatic carbocycles. The van der Waals surface area contributed by atoms with Gasteiger partial charge in [0.25, 0.3) is 0 Å². The van der Waals surface area contributed by atoms with E-state index in [0.717, 1.165) is 42.9 Å². The number of hydrogen-bond donors (Lipinski definition) is 1. The standard InChI is InChI=1S/C16H24N2O2S/c1-11-6-7-18(10-15(11)20-3)9-13-8-12(16(17)21)4-5-14(13)19-2/h4-5,8,11,15H,6-7,9-10H2,1-3H3,(H2,17,21). The number of hydrogen-bond acceptors (Lipinski definition) is 4. The minimum Gasteiger partial charge on any atom is -0.496 e. The molecule has 1 fully saturated rings. The molecule has 0 bridgehead atoms. The third-order valence-corrected chi connectivity index (χ3v) is 4.47. The van der Waals surface area contributed by atoms with Gasteiger partial charge in [-0.3, -0.25) is 4.90 Å². The van der Waals surface area contributed by atoms with E-state index in [1.54, 1.807) is 14.2 Å². The summed E-state index contributed by atoms with van der Waals surface area (Å²) in [5.41, 5.74) is 7.73. The molecule has 21 heavy (non-hydrogen) atoms. The van der Waals surface area contributed by atoms with Crippen LogP contribution in [0.5, 0.6) is 5.75 Å². The molecule has 116 valence electrons. The Hall–Kier alpha value is -1.17. The number of ether oxygens (including phenoxy) is 2. The zero-order valence-corrected chi connectivity index (χ0v) is 13.8. The first-order valence-electron chi connectivity index (χ1n) is 7.27. The van der Waals surface area contributed by atoms with Crippen LogP contribution in [0.2, 0.25) is 0 Å². The lowest BCUT2D eigenvalue weighted by atomic mass is 9.95. The normalized spacial score (nSPS) is 23.0. The van der Waals surface area contributed by atoms with Crippen LogP contribution in [0.25, 0.3) is 0 Å². The average molecular weight is 308 g/mol. The molecule has 1 aromatic rings. The van der Waals surface area contributed by atoms with E-state index >= 15 is 0 Å². The van der Waals surface area contributed by atoms with E-state index in [1.807, 2.05) is 18.2 Å². The minimum absolute atomic E-state index is 0.295. The highest BCUT2D eigenvalue weighted by Crippen LogP contribution is 2.25. The fourth-order valence-electron chi connectivity index (χ4n) is 2.84. The second-order valence-electron chi connectivity index (χ2n) is 5.67. The maximum atomic E-state index is 5.73. The Labute approximate surface area is 132 Å². The van der Waals surface area contributed by atoms with Crippen molar-refractivity contribution in [3.8, 4) is 5.75 Å². The van der Waals surface area contributed by atoms with E-state index in [4.69, 9.17) is 27.4 Å². The number of nitrogens with two attached hydrogens (primary N) is 1. The predicted molar refractivity (Wildman–Crippen MR) is 88.7 cm³/mol. The monoisotopic (exact) mass is 308 g/mol. The molecule has 1 heterocycles. The van der Waals surface area contributed by atoms with Gasteiger partial charge in [-0.05, 0) is 37.1 Å². The van der Waals surface area contributed by atoms with E-state index < -0.39 is 0 Å². The van der Waals surface area contributed by atoms with E-state index in [2.05, 4.69) is 11.8 Å². The van der Waals surface area contributed by atoms with Crippen molar-refractivity contribution < 1.29 is 9.47 Å². The molecule has 0 saturated carbocycles. The van der Waals surface area contributed by atoms with Crippen LogP contribution in [0.3, 0.4) is 0 Å². The minimum atomic E-state index is 0.295. The lowest BCUT2D eigenvalue weighted by Crippen LogP contribution is -2.43. The van der Waals surface area contributed by atoms with Crippen LogP contribution in [0, 0.1) is 5.92 Å². The van der Waals surface area contributed by atoms with E-state index in [0.29, 0.717) is 17.0 Å². The summed E-state index contributed by atoms with van der Waals surface area (Å²) in [5.74, 6) is 1.48. The van der Waals surface area contributed by atoms with E-state index in [-0.39, 0.29) is 0 Å². The predicted octanol–water partition coefficient (Wildman–Crippen LogP) is 2.19. The van der Waals surface area contributed by atoms with E-state index in [9.17, 15) is 0 Å². The van der Waals surface area contributed by atoms with Gasteiger partial charge in [0.1, 0.15) is 10.7 Å². The molecule has 1 aliphatic rings. The molecule has 5 heteroatoms. The van der Waals surface area contributed by atoms with Gasteiger partial charge in [-0.1, -0.05) is 19.1 Å². The molecule has 2 unspecified atom stereocenters. The SMILES string of the molecule is COc1ccc(C(N)=S)cc1CN1CCC(C)C(OC)C1. The number of methoxy groups -OCH3 is 2. The van der Waals surface area contributed by atoms with Crippen molar-refractivity contribution >= 4 is 17.2 Å². The molecule has 0 aliphatic carbocycles. The topological polar surface area (TPSA) is 47.7 Å². The Bertz CT molecular complexity index is 507. The molecular formula is C16H24N2O2S. The summed E-state index contributed by atoms with van der Waals surface area (Å²) in [7, 11) is 3.48. The first-order chi connectivity index (χ1) is 10.0. The Kier molecular flexibility index (Phi) is 5.56. The Balaban J connectivity index is 2.14. The fraction of sp³-hybridized carbons (Fsp3) is 0.562. The number of benzene rings is 1. The summed E-state index contributed by atoms with van der Waals surface area (Å²) in [5, 5.41) is 0. The summed E-state index contributed by atoms with van der Waals surface area (Å²) in [6, 6.07) is 5.87. The van der Waals surface area contributed by atoms with Crippen LogP contribution in [0.4, 0.5) is 0 Å². The van der Waals surface area contributed by atoms with Crippen molar-refractivity contribution in [3.05, 3.63) is 29.3 Å². The fourth-order valence-corrected chi connectivity index (χ4v) is 2.97. The molecule has 0 amide bonds. The number of nitrogens with zero attached hydrogens (tertiary/aromatic N) is 1. The highest BCUT2D eigenvalue weighted by Gasteiger charge is 2.26. The van der Waals surface area contributed by atoms with Crippen LogP contribution in [0.15, 0.2) is 18.2 Å². The highest BCUT2D eigenvalue weighted by atomic mass is 32.1. The summed E-state index contributed by atoms with van der Waals surface area (Å²) in [6.45, 7) is 5.09. The van der Waals surface area contributed by atoms with Crippen LogP contribution >= 0.6 is 12.2 Å². The van der Waals surface area contributed by atoms with Gasteiger partial charge in [0, 0.05) is 31.3 Å². The molecule has 0 aromatic heterocycles. The first kappa shape index (κ1) is 16.2. The van der Waals surface area contributed by atoms with Gasteiger partial charge >= 0.3 is 0 Å². The number of thiocarbonyl (C=S) groups is 1. The van der Waals surface area contributed by atoms with Crippen molar-refractivity contribution in [2.24, 2.45) is 11.7 Å². The molecule has 0 radical (unpaired) electrons. The quantitative estimate of drug-likeness (QED) is 0.845. The second kappa shape index (κ2) is 7.20.